The van der Waals surface area contributed by atoms with Gasteiger partial charge in [-0.05, 0) is 30.5 Å². The van der Waals surface area contributed by atoms with Crippen molar-refractivity contribution in [3.8, 4) is 5.75 Å². The number of aromatic hydroxyl groups is 1. The van der Waals surface area contributed by atoms with Crippen LogP contribution < -0.4 is 0 Å². The number of aliphatic carboxylic acids is 1. The summed E-state index contributed by atoms with van der Waals surface area (Å²) in [4.78, 5) is 11.3. The summed E-state index contributed by atoms with van der Waals surface area (Å²) in [5, 5.41) is 18.6. The van der Waals surface area contributed by atoms with Crippen molar-refractivity contribution in [2.24, 2.45) is 5.41 Å². The number of hydrogen-bond donors (Lipinski definition) is 2. The zero-order chi connectivity index (χ0) is 12.5. The van der Waals surface area contributed by atoms with E-state index in [1.807, 2.05) is 0 Å². The molecule has 0 spiro atoms. The molecule has 0 amide bonds. The third-order valence-electron chi connectivity index (χ3n) is 3.57. The lowest BCUT2D eigenvalue weighted by atomic mass is 9.78. The molecule has 0 bridgehead atoms. The van der Waals surface area contributed by atoms with Crippen LogP contribution in [0.5, 0.6) is 5.75 Å². The molecule has 1 aliphatic carbocycles. The normalized spacial score (nSPS) is 20.1. The maximum Gasteiger partial charge on any atom is 0.312 e. The highest BCUT2D eigenvalue weighted by molar-refractivity contribution is 5.76. The zero-order valence-electron chi connectivity index (χ0n) is 9.40. The van der Waals surface area contributed by atoms with Crippen LogP contribution in [0.2, 0.25) is 0 Å². The van der Waals surface area contributed by atoms with Crippen LogP contribution in [0.3, 0.4) is 0 Å². The Morgan fingerprint density at radius 1 is 1.35 bits per heavy atom. The van der Waals surface area contributed by atoms with Crippen molar-refractivity contribution < 1.29 is 19.4 Å². The average Bonchev–Trinajstić information content (AvgIpc) is 2.78. The molecule has 1 unspecified atom stereocenters. The molecule has 0 aliphatic heterocycles. The topological polar surface area (TPSA) is 57.5 Å². The molecule has 3 nitrogen and oxygen atoms in total. The number of benzene rings is 1. The number of phenolic OH excluding ortho intramolecular Hbond substituents is 1. The van der Waals surface area contributed by atoms with Crippen LogP contribution in [0.1, 0.15) is 37.4 Å². The first-order valence-electron chi connectivity index (χ1n) is 5.73. The van der Waals surface area contributed by atoms with Gasteiger partial charge in [0.05, 0.1) is 0 Å². The summed E-state index contributed by atoms with van der Waals surface area (Å²) >= 11 is 0. The maximum absolute atomic E-state index is 14.4. The molecule has 17 heavy (non-hydrogen) atoms. The standard InChI is InChI=1S/C13H15FO3/c14-11(9-4-3-5-10(15)8-9)13(12(16)17)6-1-2-7-13/h3-5,8,11,15H,1-2,6-7H2,(H,16,17). The van der Waals surface area contributed by atoms with Gasteiger partial charge in [-0.2, -0.15) is 0 Å². The van der Waals surface area contributed by atoms with Gasteiger partial charge in [0.2, 0.25) is 0 Å². The zero-order valence-corrected chi connectivity index (χ0v) is 9.40. The van der Waals surface area contributed by atoms with Gasteiger partial charge in [0.25, 0.3) is 0 Å². The van der Waals surface area contributed by atoms with Gasteiger partial charge in [-0.1, -0.05) is 25.0 Å². The molecule has 1 fully saturated rings. The second-order valence-corrected chi connectivity index (χ2v) is 4.63. The number of phenols is 1. The third-order valence-corrected chi connectivity index (χ3v) is 3.57. The molecule has 1 saturated carbocycles. The van der Waals surface area contributed by atoms with Crippen LogP contribution in [-0.2, 0) is 4.79 Å². The Bertz CT molecular complexity index is 424. The van der Waals surface area contributed by atoms with Gasteiger partial charge in [-0.3, -0.25) is 4.79 Å². The molecular weight excluding hydrogens is 223 g/mol. The number of halogens is 1. The number of carbonyl (C=O) groups is 1. The Morgan fingerprint density at radius 2 is 2.00 bits per heavy atom. The molecule has 2 N–H and O–H groups in total. The van der Waals surface area contributed by atoms with E-state index < -0.39 is 17.6 Å². The van der Waals surface area contributed by atoms with Crippen molar-refractivity contribution in [2.75, 3.05) is 0 Å². The number of hydrogen-bond acceptors (Lipinski definition) is 2. The predicted molar refractivity (Wildman–Crippen MR) is 60.5 cm³/mol. The van der Waals surface area contributed by atoms with Gasteiger partial charge in [0, 0.05) is 0 Å². The Balaban J connectivity index is 2.35. The number of carboxylic acids is 1. The monoisotopic (exact) mass is 238 g/mol. The second-order valence-electron chi connectivity index (χ2n) is 4.63. The lowest BCUT2D eigenvalue weighted by Crippen LogP contribution is -2.32. The van der Waals surface area contributed by atoms with E-state index in [-0.39, 0.29) is 11.3 Å². The summed E-state index contributed by atoms with van der Waals surface area (Å²) in [6, 6.07) is 5.79. The van der Waals surface area contributed by atoms with Gasteiger partial charge >= 0.3 is 5.97 Å². The van der Waals surface area contributed by atoms with E-state index in [1.54, 1.807) is 0 Å². The molecule has 0 radical (unpaired) electrons. The first-order chi connectivity index (χ1) is 8.06. The minimum atomic E-state index is -1.56. The summed E-state index contributed by atoms with van der Waals surface area (Å²) in [5.74, 6) is -1.12. The smallest absolute Gasteiger partial charge is 0.312 e. The van der Waals surface area contributed by atoms with Gasteiger partial charge in [-0.15, -0.1) is 0 Å². The van der Waals surface area contributed by atoms with Gasteiger partial charge in [0.1, 0.15) is 17.3 Å². The van der Waals surface area contributed by atoms with Gasteiger partial charge in [-0.25, -0.2) is 4.39 Å². The van der Waals surface area contributed by atoms with Crippen molar-refractivity contribution in [3.63, 3.8) is 0 Å². The van der Waals surface area contributed by atoms with Crippen LogP contribution >= 0.6 is 0 Å². The van der Waals surface area contributed by atoms with Crippen molar-refractivity contribution in [1.29, 1.82) is 0 Å². The van der Waals surface area contributed by atoms with Gasteiger partial charge < -0.3 is 10.2 Å². The van der Waals surface area contributed by atoms with E-state index in [2.05, 4.69) is 0 Å². The van der Waals surface area contributed by atoms with Crippen molar-refractivity contribution in [3.05, 3.63) is 29.8 Å². The molecule has 1 aromatic carbocycles. The molecule has 1 atom stereocenters. The fraction of sp³-hybridized carbons (Fsp3) is 0.462. The molecule has 0 aromatic heterocycles. The lowest BCUT2D eigenvalue weighted by Gasteiger charge is -2.28. The molecule has 1 aromatic rings. The van der Waals surface area contributed by atoms with Crippen LogP contribution in [0.15, 0.2) is 24.3 Å². The molecule has 0 saturated heterocycles. The first-order valence-corrected chi connectivity index (χ1v) is 5.73. The van der Waals surface area contributed by atoms with Crippen LogP contribution in [0.4, 0.5) is 4.39 Å². The maximum atomic E-state index is 14.4. The largest absolute Gasteiger partial charge is 0.508 e. The van der Waals surface area contributed by atoms with Crippen LogP contribution in [0.25, 0.3) is 0 Å². The van der Waals surface area contributed by atoms with E-state index >= 15 is 0 Å². The number of alkyl halides is 1. The third kappa shape index (κ3) is 1.99. The fourth-order valence-corrected chi connectivity index (χ4v) is 2.58. The van der Waals surface area contributed by atoms with E-state index in [4.69, 9.17) is 0 Å². The highest BCUT2D eigenvalue weighted by Gasteiger charge is 2.49. The van der Waals surface area contributed by atoms with E-state index in [1.165, 1.54) is 24.3 Å². The lowest BCUT2D eigenvalue weighted by molar-refractivity contribution is -0.153. The fourth-order valence-electron chi connectivity index (χ4n) is 2.58. The highest BCUT2D eigenvalue weighted by Crippen LogP contribution is 2.50. The Labute approximate surface area is 98.9 Å². The van der Waals surface area contributed by atoms with Crippen molar-refractivity contribution >= 4 is 5.97 Å². The van der Waals surface area contributed by atoms with Gasteiger partial charge in [0.15, 0.2) is 0 Å². The minimum Gasteiger partial charge on any atom is -0.508 e. The van der Waals surface area contributed by atoms with Crippen molar-refractivity contribution in [1.82, 2.24) is 0 Å². The average molecular weight is 238 g/mol. The summed E-state index contributed by atoms with van der Waals surface area (Å²) in [5.41, 5.74) is -1.07. The Morgan fingerprint density at radius 3 is 2.53 bits per heavy atom. The second kappa shape index (κ2) is 4.35. The Kier molecular flexibility index (Phi) is 3.05. The molecule has 2 rings (SSSR count). The number of rotatable bonds is 3. The van der Waals surface area contributed by atoms with E-state index in [0.717, 1.165) is 12.8 Å². The van der Waals surface area contributed by atoms with Crippen LogP contribution in [-0.4, -0.2) is 16.2 Å². The van der Waals surface area contributed by atoms with Crippen molar-refractivity contribution in [2.45, 2.75) is 31.9 Å². The summed E-state index contributed by atoms with van der Waals surface area (Å²) in [6.45, 7) is 0. The molecule has 0 heterocycles. The highest BCUT2D eigenvalue weighted by atomic mass is 19.1. The Hall–Kier alpha value is -1.58. The molecule has 92 valence electrons. The minimum absolute atomic E-state index is 0.0383. The molecule has 1 aliphatic rings. The quantitative estimate of drug-likeness (QED) is 0.850. The number of carboxylic acid groups (broad SMARTS) is 1. The summed E-state index contributed by atoms with van der Waals surface area (Å²) in [7, 11) is 0. The predicted octanol–water partition coefficient (Wildman–Crippen LogP) is 3.05. The van der Waals surface area contributed by atoms with Crippen LogP contribution in [0, 0.1) is 5.41 Å². The SMILES string of the molecule is O=C(O)C1(C(F)c2cccc(O)c2)CCCC1. The molecule has 4 heteroatoms. The summed E-state index contributed by atoms with van der Waals surface area (Å²) < 4.78 is 14.4. The van der Waals surface area contributed by atoms with E-state index in [0.29, 0.717) is 12.8 Å². The first kappa shape index (κ1) is 11.9. The molecular formula is C13H15FO3. The van der Waals surface area contributed by atoms with E-state index in [9.17, 15) is 19.4 Å². The summed E-state index contributed by atoms with van der Waals surface area (Å²) in [6.07, 6.45) is 0.643.